The van der Waals surface area contributed by atoms with Crippen LogP contribution < -0.4 is 93.6 Å². The van der Waals surface area contributed by atoms with Crippen molar-refractivity contribution in [1.82, 2.24) is 5.06 Å². The van der Waals surface area contributed by atoms with E-state index in [-0.39, 0.29) is 144 Å². The number of benzene rings is 3. The second-order valence-corrected chi connectivity index (χ2v) is 23.6. The third-order valence-corrected chi connectivity index (χ3v) is 15.5. The normalized spacial score (nSPS) is 17.9. The van der Waals surface area contributed by atoms with Gasteiger partial charge in [-0.25, -0.2) is 43.4 Å². The molecular formula is C49H50F2N3Na3O16S4. The number of unbranched alkanes of at least 4 members (excludes halogenated alkanes) is 2. The van der Waals surface area contributed by atoms with Gasteiger partial charge < -0.3 is 23.4 Å². The summed E-state index contributed by atoms with van der Waals surface area (Å²) in [7, 11) is -17.0. The van der Waals surface area contributed by atoms with Crippen molar-refractivity contribution in [2.75, 3.05) is 29.5 Å². The van der Waals surface area contributed by atoms with Crippen LogP contribution in [0.25, 0.3) is 5.57 Å². The standard InChI is InChI=1S/C49H53F2N3O13S3.3Na.O3S/c1-48(2)35-14-5-6-15-39(35)52(24-7-9-26-68(58,59)60)41(48)20-16-31-12-11-13-32(45(31)46-37(50)28-33(29-38(46)51)47(57)67-54-43(55)22-23-44(54)56)17-21-42-49(3,4)36-30-34(70(64,65)66)18-19-40(36)53(42)25-8-10-27-69(61,62)63;;;;1-4(2)3/h6,14-21,28-30H,7-13,22-27H2,1-4H3,(H,58,59,60)(H,61,62,63)(H,64,65,66);;;;/q;3*+1;/p-3. The van der Waals surface area contributed by atoms with Gasteiger partial charge in [-0.05, 0) is 97.2 Å². The van der Waals surface area contributed by atoms with Crippen molar-refractivity contribution in [3.63, 3.8) is 0 Å². The monoisotopic (exact) mass is 1170 g/mol. The van der Waals surface area contributed by atoms with Crippen LogP contribution in [0.1, 0.15) is 113 Å². The van der Waals surface area contributed by atoms with Crippen molar-refractivity contribution in [2.24, 2.45) is 0 Å². The molecule has 7 rings (SSSR count). The van der Waals surface area contributed by atoms with E-state index in [4.69, 9.17) is 17.5 Å². The summed E-state index contributed by atoms with van der Waals surface area (Å²) in [6, 6.07) is 14.0. The first-order valence-electron chi connectivity index (χ1n) is 23.0. The van der Waals surface area contributed by atoms with Crippen LogP contribution in [0.15, 0.2) is 94.6 Å². The molecule has 0 aromatic heterocycles. The first-order valence-corrected chi connectivity index (χ1v) is 28.6. The van der Waals surface area contributed by atoms with Gasteiger partial charge >= 0.3 is 105 Å². The Morgan fingerprint density at radius 1 is 0.779 bits per heavy atom. The fourth-order valence-corrected chi connectivity index (χ4v) is 11.2. The maximum atomic E-state index is 16.8. The van der Waals surface area contributed by atoms with Crippen LogP contribution in [-0.4, -0.2) is 109 Å². The Morgan fingerprint density at radius 3 is 1.94 bits per heavy atom. The Kier molecular flexibility index (Phi) is 24.4. The number of imide groups is 1. The molecule has 2 amide bonds. The van der Waals surface area contributed by atoms with Crippen molar-refractivity contribution in [3.8, 4) is 0 Å². The molecule has 19 nitrogen and oxygen atoms in total. The largest absolute Gasteiger partial charge is 1.00 e. The number of fused-ring (bicyclic) bond motifs is 2. The van der Waals surface area contributed by atoms with Gasteiger partial charge in [-0.1, -0.05) is 45.4 Å². The van der Waals surface area contributed by atoms with Gasteiger partial charge in [0, 0.05) is 65.6 Å². The Bertz CT molecular complexity index is 3410. The zero-order valence-corrected chi connectivity index (χ0v) is 52.6. The van der Waals surface area contributed by atoms with Gasteiger partial charge in [0.1, 0.15) is 34.0 Å². The molecule has 0 atom stereocenters. The summed E-state index contributed by atoms with van der Waals surface area (Å²) in [4.78, 5) is 43.8. The molecule has 0 saturated carbocycles. The molecule has 1 aliphatic carbocycles. The van der Waals surface area contributed by atoms with E-state index in [1.54, 1.807) is 38.1 Å². The summed E-state index contributed by atoms with van der Waals surface area (Å²) < 4.78 is 166. The minimum atomic E-state index is -4.88. The van der Waals surface area contributed by atoms with Crippen LogP contribution in [0.4, 0.5) is 20.2 Å². The number of rotatable bonds is 17. The maximum Gasteiger partial charge on any atom is 1.00 e. The minimum absolute atomic E-state index is 0. The van der Waals surface area contributed by atoms with Crippen molar-refractivity contribution in [1.29, 1.82) is 0 Å². The molecule has 1 saturated heterocycles. The fourth-order valence-electron chi connectivity index (χ4n) is 9.61. The van der Waals surface area contributed by atoms with Gasteiger partial charge in [0.05, 0.1) is 36.3 Å². The summed E-state index contributed by atoms with van der Waals surface area (Å²) in [6.07, 6.45) is 8.31. The molecular weight excluding hydrogens is 1120 g/mol. The topological polar surface area (TPSA) is 293 Å². The van der Waals surface area contributed by atoms with E-state index in [0.29, 0.717) is 53.9 Å². The molecule has 0 spiro atoms. The maximum absolute atomic E-state index is 16.8. The quantitative estimate of drug-likeness (QED) is 0.0320. The van der Waals surface area contributed by atoms with Gasteiger partial charge in [0.15, 0.2) is 5.71 Å². The number of hydroxylamine groups is 2. The van der Waals surface area contributed by atoms with E-state index >= 15 is 8.78 Å². The Labute approximate surface area is 514 Å². The summed E-state index contributed by atoms with van der Waals surface area (Å²) in [5, 5.41) is 0.263. The van der Waals surface area contributed by atoms with Crippen LogP contribution >= 0.6 is 0 Å². The molecule has 0 bridgehead atoms. The predicted molar refractivity (Wildman–Crippen MR) is 259 cm³/mol. The number of carbonyl (C=O) groups excluding carboxylic acids is 3. The number of halogens is 2. The third-order valence-electron chi connectivity index (χ3n) is 13.1. The van der Waals surface area contributed by atoms with Crippen LogP contribution in [0.2, 0.25) is 0 Å². The molecule has 28 heteroatoms. The first kappa shape index (κ1) is 68.2. The molecule has 4 aliphatic rings. The van der Waals surface area contributed by atoms with E-state index in [1.165, 1.54) is 18.2 Å². The average Bonchev–Trinajstić information content (AvgIpc) is 3.81. The van der Waals surface area contributed by atoms with Crippen molar-refractivity contribution < 1.29 is 173 Å². The van der Waals surface area contributed by atoms with Gasteiger partial charge in [-0.3, -0.25) is 9.59 Å². The zero-order valence-electron chi connectivity index (χ0n) is 43.4. The van der Waals surface area contributed by atoms with E-state index < -0.39 is 109 Å². The van der Waals surface area contributed by atoms with Gasteiger partial charge in [0.25, 0.3) is 11.8 Å². The molecule has 0 N–H and O–H groups in total. The number of amides is 2. The first-order chi connectivity index (χ1) is 34.4. The van der Waals surface area contributed by atoms with Crippen molar-refractivity contribution in [2.45, 2.75) is 101 Å². The molecule has 1 fully saturated rings. The van der Waals surface area contributed by atoms with Crippen molar-refractivity contribution in [3.05, 3.63) is 130 Å². The Hall–Kier alpha value is -3.09. The van der Waals surface area contributed by atoms with Gasteiger partial charge in [0.2, 0.25) is 0 Å². The molecule has 77 heavy (non-hydrogen) atoms. The molecule has 3 aliphatic heterocycles. The summed E-state index contributed by atoms with van der Waals surface area (Å²) in [5.74, 6) is -6.43. The minimum Gasteiger partial charge on any atom is -0.748 e. The number of hydrogen-bond acceptors (Lipinski definition) is 17. The second-order valence-electron chi connectivity index (χ2n) is 18.8. The van der Waals surface area contributed by atoms with Crippen LogP contribution in [0.5, 0.6) is 0 Å². The summed E-state index contributed by atoms with van der Waals surface area (Å²) in [5.41, 5.74) is 2.29. The molecule has 3 heterocycles. The SMILES string of the molecule is CC1(C)C(=CC=C2CCCC(C=CC3=[N+](CCCCS(=O)(=O)[O-])c4cc[c-]cc4C3(C)C)=C2c2c(F)cc(C(=O)ON3C(=O)CCC3=O)cc2F)N(CCCCS(=O)(=O)[O-])c2ccc(S(=O)(=O)[O-])cc21.O=S(=O)=O.[Na+].[Na+].[Na+]. The van der Waals surface area contributed by atoms with E-state index in [9.17, 15) is 53.3 Å². The number of nitrogens with zero attached hydrogens (tertiary/aromatic N) is 3. The van der Waals surface area contributed by atoms with Crippen LogP contribution in [0, 0.1) is 17.7 Å². The van der Waals surface area contributed by atoms with Crippen LogP contribution in [-0.2, 0) is 66.2 Å². The Morgan fingerprint density at radius 2 is 1.36 bits per heavy atom. The van der Waals surface area contributed by atoms with E-state index in [1.807, 2.05) is 41.5 Å². The van der Waals surface area contributed by atoms with Crippen LogP contribution in [0.3, 0.4) is 0 Å². The number of anilines is 1. The Balaban J connectivity index is 0.00000215. The smallest absolute Gasteiger partial charge is 0.748 e. The summed E-state index contributed by atoms with van der Waals surface area (Å²) >= 11 is 0. The number of hydrogen-bond donors (Lipinski definition) is 0. The number of carbonyl (C=O) groups is 3. The second kappa shape index (κ2) is 27.6. The third kappa shape index (κ3) is 16.8. The number of allylic oxidation sites excluding steroid dienone is 8. The average molecular weight is 1170 g/mol. The van der Waals surface area contributed by atoms with Gasteiger partial charge in [-0.2, -0.15) is 18.2 Å². The molecule has 3 aromatic carbocycles. The van der Waals surface area contributed by atoms with Gasteiger partial charge in [-0.15, -0.1) is 23.8 Å². The zero-order chi connectivity index (χ0) is 54.7. The van der Waals surface area contributed by atoms with E-state index in [2.05, 4.69) is 6.07 Å². The molecule has 398 valence electrons. The molecule has 0 unspecified atom stereocenters. The predicted octanol–water partition coefficient (Wildman–Crippen LogP) is -3.27. The molecule has 0 radical (unpaired) electrons. The fraction of sp³-hybridized carbons (Fsp3) is 0.388. The van der Waals surface area contributed by atoms with E-state index in [0.717, 1.165) is 29.1 Å². The summed E-state index contributed by atoms with van der Waals surface area (Å²) in [6.45, 7) is 8.03. The molecule has 3 aromatic rings. The van der Waals surface area contributed by atoms with Crippen molar-refractivity contribution >= 4 is 81.4 Å².